The largest absolute Gasteiger partial charge is 0.371 e. The van der Waals surface area contributed by atoms with Gasteiger partial charge in [-0.3, -0.25) is 0 Å². The van der Waals surface area contributed by atoms with E-state index in [1.165, 1.54) is 17.7 Å². The maximum Gasteiger partial charge on any atom is 0.0510 e. The minimum Gasteiger partial charge on any atom is -0.371 e. The lowest BCUT2D eigenvalue weighted by Crippen LogP contribution is -2.27. The van der Waals surface area contributed by atoms with Crippen LogP contribution in [0.15, 0.2) is 22.7 Å². The number of hydrogen-bond donors (Lipinski definition) is 1. The molecule has 0 aliphatic rings. The van der Waals surface area contributed by atoms with Crippen LogP contribution in [0, 0.1) is 0 Å². The van der Waals surface area contributed by atoms with E-state index in [-0.39, 0.29) is 6.04 Å². The average Bonchev–Trinajstić information content (AvgIpc) is 2.34. The summed E-state index contributed by atoms with van der Waals surface area (Å²) in [6.07, 6.45) is 1.17. The van der Waals surface area contributed by atoms with Crippen LogP contribution in [0.2, 0.25) is 0 Å². The Morgan fingerprint density at radius 1 is 1.26 bits per heavy atom. The summed E-state index contributed by atoms with van der Waals surface area (Å²) in [7, 11) is 4.23. The number of hydrogen-bond acceptors (Lipinski definition) is 3. The third kappa shape index (κ3) is 5.13. The Bertz CT molecular complexity index is 391. The highest BCUT2D eigenvalue weighted by Crippen LogP contribution is 2.29. The molecule has 0 aliphatic carbocycles. The molecule has 0 radical (unpaired) electrons. The van der Waals surface area contributed by atoms with Crippen molar-refractivity contribution in [3.8, 4) is 0 Å². The van der Waals surface area contributed by atoms with E-state index in [1.54, 1.807) is 0 Å². The van der Waals surface area contributed by atoms with Crippen molar-refractivity contribution in [1.29, 1.82) is 0 Å². The minimum atomic E-state index is 0.0779. The van der Waals surface area contributed by atoms with Crippen LogP contribution in [0.3, 0.4) is 0 Å². The van der Waals surface area contributed by atoms with E-state index < -0.39 is 0 Å². The van der Waals surface area contributed by atoms with E-state index >= 15 is 0 Å². The number of halogens is 1. The highest BCUT2D eigenvalue weighted by Gasteiger charge is 2.10. The van der Waals surface area contributed by atoms with Crippen LogP contribution in [0.4, 0.5) is 5.69 Å². The number of nitrogens with zero attached hydrogens (tertiary/aromatic N) is 2. The fourth-order valence-corrected chi connectivity index (χ4v) is 2.74. The number of nitrogens with two attached hydrogens (primary N) is 1. The van der Waals surface area contributed by atoms with E-state index in [4.69, 9.17) is 5.73 Å². The van der Waals surface area contributed by atoms with Gasteiger partial charge in [0.25, 0.3) is 0 Å². The molecule has 0 fully saturated rings. The van der Waals surface area contributed by atoms with Gasteiger partial charge in [-0.1, -0.05) is 6.07 Å². The highest BCUT2D eigenvalue weighted by atomic mass is 79.9. The van der Waals surface area contributed by atoms with E-state index in [0.29, 0.717) is 0 Å². The van der Waals surface area contributed by atoms with Crippen LogP contribution >= 0.6 is 15.9 Å². The molecule has 0 saturated carbocycles. The Morgan fingerprint density at radius 3 is 2.42 bits per heavy atom. The lowest BCUT2D eigenvalue weighted by Gasteiger charge is -2.25. The van der Waals surface area contributed by atoms with Gasteiger partial charge in [0.1, 0.15) is 0 Å². The standard InChI is InChI=1S/C15H26BrN3/c1-5-19(10-6-9-18(3)4)15-8-7-13(12(2)17)11-14(15)16/h7-8,11-12H,5-6,9-10,17H2,1-4H3. The SMILES string of the molecule is CCN(CCCN(C)C)c1ccc(C(C)N)cc1Br. The Balaban J connectivity index is 2.75. The minimum absolute atomic E-state index is 0.0779. The third-order valence-electron chi connectivity index (χ3n) is 3.25. The molecule has 1 rings (SSSR count). The third-order valence-corrected chi connectivity index (χ3v) is 3.89. The summed E-state index contributed by atoms with van der Waals surface area (Å²) in [5, 5.41) is 0. The molecular weight excluding hydrogens is 302 g/mol. The predicted octanol–water partition coefficient (Wildman–Crippen LogP) is 3.25. The van der Waals surface area contributed by atoms with Crippen LogP contribution in [0.5, 0.6) is 0 Å². The van der Waals surface area contributed by atoms with Gasteiger partial charge in [-0.15, -0.1) is 0 Å². The van der Waals surface area contributed by atoms with E-state index in [9.17, 15) is 0 Å². The summed E-state index contributed by atoms with van der Waals surface area (Å²) >= 11 is 3.67. The second-order valence-corrected chi connectivity index (χ2v) is 6.09. The Labute approximate surface area is 125 Å². The van der Waals surface area contributed by atoms with Gasteiger partial charge >= 0.3 is 0 Å². The Hall–Kier alpha value is -0.580. The van der Waals surface area contributed by atoms with Gasteiger partial charge in [0.15, 0.2) is 0 Å². The van der Waals surface area contributed by atoms with Crippen LogP contribution in [-0.4, -0.2) is 38.6 Å². The molecule has 108 valence electrons. The number of anilines is 1. The summed E-state index contributed by atoms with van der Waals surface area (Å²) in [5.74, 6) is 0. The number of benzene rings is 1. The van der Waals surface area contributed by atoms with E-state index in [2.05, 4.69) is 64.9 Å². The normalized spacial score (nSPS) is 12.8. The molecule has 0 aromatic heterocycles. The van der Waals surface area contributed by atoms with Crippen molar-refractivity contribution in [2.24, 2.45) is 5.73 Å². The first-order chi connectivity index (χ1) is 8.95. The fraction of sp³-hybridized carbons (Fsp3) is 0.600. The molecule has 0 saturated heterocycles. The maximum absolute atomic E-state index is 5.91. The monoisotopic (exact) mass is 327 g/mol. The second-order valence-electron chi connectivity index (χ2n) is 5.24. The topological polar surface area (TPSA) is 32.5 Å². The van der Waals surface area contributed by atoms with Crippen molar-refractivity contribution in [3.63, 3.8) is 0 Å². The fourth-order valence-electron chi connectivity index (χ4n) is 2.09. The summed E-state index contributed by atoms with van der Waals surface area (Å²) in [6, 6.07) is 6.50. The van der Waals surface area contributed by atoms with Crippen LogP contribution in [0.1, 0.15) is 31.9 Å². The van der Waals surface area contributed by atoms with E-state index in [1.807, 2.05) is 6.92 Å². The first-order valence-electron chi connectivity index (χ1n) is 6.90. The Morgan fingerprint density at radius 2 is 1.95 bits per heavy atom. The molecule has 1 unspecified atom stereocenters. The molecule has 1 aromatic rings. The molecule has 0 heterocycles. The van der Waals surface area contributed by atoms with Crippen LogP contribution in [0.25, 0.3) is 0 Å². The van der Waals surface area contributed by atoms with Crippen LogP contribution < -0.4 is 10.6 Å². The summed E-state index contributed by atoms with van der Waals surface area (Å²) in [5.41, 5.74) is 8.34. The van der Waals surface area contributed by atoms with Gasteiger partial charge in [-0.05, 0) is 74.5 Å². The lowest BCUT2D eigenvalue weighted by atomic mass is 10.1. The molecule has 0 aliphatic heterocycles. The van der Waals surface area contributed by atoms with Crippen molar-refractivity contribution in [3.05, 3.63) is 28.2 Å². The maximum atomic E-state index is 5.91. The van der Waals surface area contributed by atoms with Crippen molar-refractivity contribution in [1.82, 2.24) is 4.90 Å². The molecule has 19 heavy (non-hydrogen) atoms. The van der Waals surface area contributed by atoms with Crippen LogP contribution in [-0.2, 0) is 0 Å². The predicted molar refractivity (Wildman–Crippen MR) is 87.8 cm³/mol. The molecule has 0 bridgehead atoms. The zero-order chi connectivity index (χ0) is 14.4. The summed E-state index contributed by atoms with van der Waals surface area (Å²) < 4.78 is 1.13. The zero-order valence-electron chi connectivity index (χ0n) is 12.5. The van der Waals surface area contributed by atoms with Gasteiger partial charge in [0, 0.05) is 23.6 Å². The molecule has 0 amide bonds. The molecule has 1 aromatic carbocycles. The first-order valence-corrected chi connectivity index (χ1v) is 7.69. The molecule has 4 heteroatoms. The van der Waals surface area contributed by atoms with Crippen molar-refractivity contribution < 1.29 is 0 Å². The number of rotatable bonds is 7. The van der Waals surface area contributed by atoms with Gasteiger partial charge in [0.05, 0.1) is 5.69 Å². The molecule has 3 nitrogen and oxygen atoms in total. The van der Waals surface area contributed by atoms with Crippen molar-refractivity contribution >= 4 is 21.6 Å². The highest BCUT2D eigenvalue weighted by molar-refractivity contribution is 9.10. The average molecular weight is 328 g/mol. The lowest BCUT2D eigenvalue weighted by molar-refractivity contribution is 0.400. The summed E-state index contributed by atoms with van der Waals surface area (Å²) in [6.45, 7) is 7.41. The smallest absolute Gasteiger partial charge is 0.0510 e. The van der Waals surface area contributed by atoms with Crippen molar-refractivity contribution in [2.75, 3.05) is 38.6 Å². The van der Waals surface area contributed by atoms with Gasteiger partial charge < -0.3 is 15.5 Å². The quantitative estimate of drug-likeness (QED) is 0.834. The summed E-state index contributed by atoms with van der Waals surface area (Å²) in [4.78, 5) is 4.63. The van der Waals surface area contributed by atoms with Crippen molar-refractivity contribution in [2.45, 2.75) is 26.3 Å². The molecular formula is C15H26BrN3. The molecule has 0 spiro atoms. The second kappa shape index (κ2) is 7.88. The van der Waals surface area contributed by atoms with Gasteiger partial charge in [0.2, 0.25) is 0 Å². The Kier molecular flexibility index (Phi) is 6.83. The van der Waals surface area contributed by atoms with E-state index in [0.717, 1.165) is 24.1 Å². The van der Waals surface area contributed by atoms with Gasteiger partial charge in [-0.2, -0.15) is 0 Å². The first kappa shape index (κ1) is 16.5. The molecule has 1 atom stereocenters. The molecule has 2 N–H and O–H groups in total. The zero-order valence-corrected chi connectivity index (χ0v) is 14.1. The van der Waals surface area contributed by atoms with Gasteiger partial charge in [-0.25, -0.2) is 0 Å².